The van der Waals surface area contributed by atoms with Gasteiger partial charge in [0.15, 0.2) is 0 Å². The van der Waals surface area contributed by atoms with Crippen LogP contribution in [-0.2, 0) is 24.2 Å². The van der Waals surface area contributed by atoms with Gasteiger partial charge in [-0.15, -0.1) is 11.3 Å². The lowest BCUT2D eigenvalue weighted by Crippen LogP contribution is -2.45. The predicted octanol–water partition coefficient (Wildman–Crippen LogP) is 3.34. The Kier molecular flexibility index (Phi) is 5.04. The van der Waals surface area contributed by atoms with E-state index >= 15 is 0 Å². The molecule has 1 aliphatic rings. The van der Waals surface area contributed by atoms with Gasteiger partial charge in [-0.3, -0.25) is 14.0 Å². The van der Waals surface area contributed by atoms with Crippen molar-refractivity contribution in [1.82, 2.24) is 19.1 Å². The van der Waals surface area contributed by atoms with E-state index in [1.807, 2.05) is 22.3 Å². The molecule has 7 heteroatoms. The number of carbonyl (C=O) groups excluding carboxylic acids is 1. The summed E-state index contributed by atoms with van der Waals surface area (Å²) in [6, 6.07) is 4.10. The number of carbonyl (C=O) groups is 1. The predicted molar refractivity (Wildman–Crippen MR) is 113 cm³/mol. The average Bonchev–Trinajstić information content (AvgIpc) is 3.21. The normalized spacial score (nSPS) is 20.4. The van der Waals surface area contributed by atoms with Crippen molar-refractivity contribution in [1.29, 1.82) is 0 Å². The number of fused-ring (bicyclic) bond motifs is 3. The summed E-state index contributed by atoms with van der Waals surface area (Å²) < 4.78 is 4.44. The average molecular weight is 401 g/mol. The van der Waals surface area contributed by atoms with Crippen LogP contribution in [0.3, 0.4) is 0 Å². The van der Waals surface area contributed by atoms with Gasteiger partial charge in [-0.05, 0) is 36.8 Å². The second-order valence-corrected chi connectivity index (χ2v) is 9.33. The van der Waals surface area contributed by atoms with Crippen LogP contribution < -0.4 is 5.56 Å². The molecule has 4 rings (SSSR count). The molecule has 3 aromatic heterocycles. The van der Waals surface area contributed by atoms with Crippen molar-refractivity contribution in [2.45, 2.75) is 53.5 Å². The van der Waals surface area contributed by atoms with E-state index in [2.05, 4.69) is 31.9 Å². The molecule has 0 saturated carbocycles. The zero-order valence-corrected chi connectivity index (χ0v) is 17.9. The Bertz CT molecular complexity index is 1080. The van der Waals surface area contributed by atoms with Gasteiger partial charge in [-0.25, -0.2) is 4.68 Å². The Morgan fingerprint density at radius 2 is 1.86 bits per heavy atom. The van der Waals surface area contributed by atoms with Crippen molar-refractivity contribution in [3.8, 4) is 0 Å². The summed E-state index contributed by atoms with van der Waals surface area (Å²) in [4.78, 5) is 29.1. The van der Waals surface area contributed by atoms with Gasteiger partial charge >= 0.3 is 0 Å². The molecule has 6 nitrogen and oxygen atoms in total. The first kappa shape index (κ1) is 19.2. The van der Waals surface area contributed by atoms with Gasteiger partial charge in [0.2, 0.25) is 5.91 Å². The number of hydrogen-bond acceptors (Lipinski definition) is 4. The highest BCUT2D eigenvalue weighted by molar-refractivity contribution is 7.19. The van der Waals surface area contributed by atoms with Gasteiger partial charge < -0.3 is 4.90 Å². The summed E-state index contributed by atoms with van der Waals surface area (Å²) in [5, 5.41) is 4.57. The third-order valence-corrected chi connectivity index (χ3v) is 6.88. The molecule has 1 saturated heterocycles. The fraction of sp³-hybridized carbons (Fsp3) is 0.571. The van der Waals surface area contributed by atoms with Gasteiger partial charge in [-0.2, -0.15) is 5.10 Å². The van der Waals surface area contributed by atoms with Gasteiger partial charge in [0.25, 0.3) is 5.56 Å². The zero-order chi connectivity index (χ0) is 20.0. The first-order valence-electron chi connectivity index (χ1n) is 10.2. The minimum atomic E-state index is -0.190. The molecule has 0 radical (unpaired) electrons. The number of nitrogens with zero attached hydrogens (tertiary/aromatic N) is 4. The van der Waals surface area contributed by atoms with Crippen LogP contribution in [0, 0.1) is 11.8 Å². The molecule has 4 heterocycles. The summed E-state index contributed by atoms with van der Waals surface area (Å²) >= 11 is 1.72. The van der Waals surface area contributed by atoms with Gasteiger partial charge in [0, 0.05) is 24.4 Å². The Morgan fingerprint density at radius 1 is 1.14 bits per heavy atom. The van der Waals surface area contributed by atoms with Gasteiger partial charge in [0.05, 0.1) is 10.2 Å². The number of amides is 1. The minimum absolute atomic E-state index is 0.0129. The van der Waals surface area contributed by atoms with E-state index in [4.69, 9.17) is 0 Å². The molecule has 2 atom stereocenters. The molecule has 0 spiro atoms. The lowest BCUT2D eigenvalue weighted by molar-refractivity contribution is -0.134. The Labute approximate surface area is 168 Å². The topological polar surface area (TPSA) is 59.6 Å². The molecule has 1 fully saturated rings. The van der Waals surface area contributed by atoms with Crippen LogP contribution in [0.1, 0.15) is 44.8 Å². The number of hydrogen-bond donors (Lipinski definition) is 0. The monoisotopic (exact) mass is 400 g/mol. The fourth-order valence-electron chi connectivity index (χ4n) is 4.45. The van der Waals surface area contributed by atoms with Gasteiger partial charge in [-0.1, -0.05) is 27.7 Å². The van der Waals surface area contributed by atoms with E-state index in [9.17, 15) is 9.59 Å². The van der Waals surface area contributed by atoms with E-state index < -0.39 is 0 Å². The highest BCUT2D eigenvalue weighted by Crippen LogP contribution is 2.29. The summed E-state index contributed by atoms with van der Waals surface area (Å²) in [7, 11) is 0. The lowest BCUT2D eigenvalue weighted by Gasteiger charge is -2.35. The Hall–Kier alpha value is -2.15. The highest BCUT2D eigenvalue weighted by atomic mass is 32.1. The van der Waals surface area contributed by atoms with Gasteiger partial charge in [0.1, 0.15) is 17.9 Å². The summed E-state index contributed by atoms with van der Waals surface area (Å²) in [5.41, 5.74) is 1.48. The summed E-state index contributed by atoms with van der Waals surface area (Å²) in [5.74, 6) is 1.80. The molecule has 1 amide bonds. The quantitative estimate of drug-likeness (QED) is 0.675. The number of rotatable bonds is 4. The summed E-state index contributed by atoms with van der Waals surface area (Å²) in [6.07, 6.45) is 2.83. The summed E-state index contributed by atoms with van der Waals surface area (Å²) in [6.45, 7) is 10.1. The molecule has 0 aliphatic carbocycles. The van der Waals surface area contributed by atoms with Crippen LogP contribution in [0.2, 0.25) is 0 Å². The van der Waals surface area contributed by atoms with Crippen LogP contribution in [0.5, 0.6) is 0 Å². The number of aromatic nitrogens is 3. The second-order valence-electron chi connectivity index (χ2n) is 8.16. The van der Waals surface area contributed by atoms with E-state index in [0.29, 0.717) is 23.8 Å². The van der Waals surface area contributed by atoms with Crippen LogP contribution >= 0.6 is 11.3 Å². The standard InChI is InChI=1S/C21H28N4O2S/c1-5-15-8-16-18(28-15)9-17-21(27)24(22-19(6-2)25(16)17)12-20(26)23-10-13(3)7-14(4)11-23/h8-9,13-14H,5-7,10-12H2,1-4H3. The smallest absolute Gasteiger partial charge is 0.291 e. The molecule has 2 unspecified atom stereocenters. The van der Waals surface area contributed by atoms with Crippen molar-refractivity contribution in [2.24, 2.45) is 11.8 Å². The largest absolute Gasteiger partial charge is 0.341 e. The van der Waals surface area contributed by atoms with Crippen LogP contribution in [0.25, 0.3) is 15.7 Å². The number of thiophene rings is 1. The molecule has 0 bridgehead atoms. The molecule has 0 N–H and O–H groups in total. The Balaban J connectivity index is 1.72. The first-order valence-corrected chi connectivity index (χ1v) is 11.0. The maximum absolute atomic E-state index is 13.1. The highest BCUT2D eigenvalue weighted by Gasteiger charge is 2.26. The third kappa shape index (κ3) is 3.26. The van der Waals surface area contributed by atoms with E-state index in [0.717, 1.165) is 42.0 Å². The molecule has 3 aromatic rings. The zero-order valence-electron chi connectivity index (χ0n) is 17.1. The van der Waals surface area contributed by atoms with Crippen LogP contribution in [0.4, 0.5) is 0 Å². The lowest BCUT2D eigenvalue weighted by atomic mass is 9.92. The van der Waals surface area contributed by atoms with E-state index in [-0.39, 0.29) is 18.0 Å². The third-order valence-electron chi connectivity index (χ3n) is 5.66. The maximum atomic E-state index is 13.1. The van der Waals surface area contributed by atoms with E-state index in [1.54, 1.807) is 11.3 Å². The van der Waals surface area contributed by atoms with E-state index in [1.165, 1.54) is 9.56 Å². The Morgan fingerprint density at radius 3 is 2.50 bits per heavy atom. The molecular weight excluding hydrogens is 372 g/mol. The number of aryl methyl sites for hydroxylation is 2. The molecule has 0 aromatic carbocycles. The first-order chi connectivity index (χ1) is 13.4. The minimum Gasteiger partial charge on any atom is -0.341 e. The second kappa shape index (κ2) is 7.35. The SMILES string of the molecule is CCc1cc2c(cc3c(=O)n(CC(=O)N4CC(C)CC(C)C4)nc(CC)n32)s1. The van der Waals surface area contributed by atoms with Crippen molar-refractivity contribution in [3.63, 3.8) is 0 Å². The van der Waals surface area contributed by atoms with Crippen molar-refractivity contribution < 1.29 is 4.79 Å². The molecule has 150 valence electrons. The fourth-order valence-corrected chi connectivity index (χ4v) is 5.47. The van der Waals surface area contributed by atoms with Crippen LogP contribution in [0.15, 0.2) is 16.9 Å². The molecule has 1 aliphatic heterocycles. The van der Waals surface area contributed by atoms with Crippen molar-refractivity contribution in [3.05, 3.63) is 33.2 Å². The number of piperidine rings is 1. The molecule has 28 heavy (non-hydrogen) atoms. The van der Waals surface area contributed by atoms with Crippen molar-refractivity contribution in [2.75, 3.05) is 13.1 Å². The van der Waals surface area contributed by atoms with Crippen molar-refractivity contribution >= 4 is 33.0 Å². The number of likely N-dealkylation sites (tertiary alicyclic amines) is 1. The molecular formula is C21H28N4O2S. The maximum Gasteiger partial charge on any atom is 0.291 e. The van der Waals surface area contributed by atoms with Crippen LogP contribution in [-0.4, -0.2) is 38.1 Å².